The molecule has 1 N–H and O–H groups in total. The standard InChI is InChI=1S/C11H14N2O3/c1-8-6-9(13(14)15)2-3-10(8)11-7-16-5-4-12-11/h2-3,6,11-12H,4-5,7H2,1H3. The Morgan fingerprint density at radius 2 is 2.38 bits per heavy atom. The maximum absolute atomic E-state index is 10.6. The van der Waals surface area contributed by atoms with Crippen LogP contribution in [0, 0.1) is 17.0 Å². The minimum atomic E-state index is -0.373. The van der Waals surface area contributed by atoms with E-state index in [-0.39, 0.29) is 16.7 Å². The Balaban J connectivity index is 2.24. The molecule has 16 heavy (non-hydrogen) atoms. The lowest BCUT2D eigenvalue weighted by molar-refractivity contribution is -0.384. The number of benzene rings is 1. The Kier molecular flexibility index (Phi) is 3.17. The summed E-state index contributed by atoms with van der Waals surface area (Å²) in [7, 11) is 0. The molecule has 0 spiro atoms. The number of non-ortho nitro benzene ring substituents is 1. The number of hydrogen-bond acceptors (Lipinski definition) is 4. The zero-order valence-electron chi connectivity index (χ0n) is 9.10. The SMILES string of the molecule is Cc1cc([N+](=O)[O-])ccc1C1COCCN1. The quantitative estimate of drug-likeness (QED) is 0.609. The summed E-state index contributed by atoms with van der Waals surface area (Å²) in [6.07, 6.45) is 0. The summed E-state index contributed by atoms with van der Waals surface area (Å²) in [4.78, 5) is 10.2. The third kappa shape index (κ3) is 2.20. The molecular formula is C11H14N2O3. The maximum Gasteiger partial charge on any atom is 0.269 e. The monoisotopic (exact) mass is 222 g/mol. The van der Waals surface area contributed by atoms with Crippen molar-refractivity contribution >= 4 is 5.69 Å². The van der Waals surface area contributed by atoms with Crippen LogP contribution in [0.25, 0.3) is 0 Å². The van der Waals surface area contributed by atoms with Crippen molar-refractivity contribution in [1.29, 1.82) is 0 Å². The van der Waals surface area contributed by atoms with E-state index in [1.165, 1.54) is 0 Å². The van der Waals surface area contributed by atoms with Crippen molar-refractivity contribution in [2.75, 3.05) is 19.8 Å². The van der Waals surface area contributed by atoms with Crippen LogP contribution in [-0.2, 0) is 4.74 Å². The molecule has 0 saturated carbocycles. The van der Waals surface area contributed by atoms with E-state index in [1.807, 2.05) is 6.92 Å². The van der Waals surface area contributed by atoms with Crippen LogP contribution in [0.15, 0.2) is 18.2 Å². The van der Waals surface area contributed by atoms with Gasteiger partial charge in [0.25, 0.3) is 5.69 Å². The molecule has 1 aromatic carbocycles. The van der Waals surface area contributed by atoms with Gasteiger partial charge < -0.3 is 10.1 Å². The van der Waals surface area contributed by atoms with Crippen LogP contribution in [0.4, 0.5) is 5.69 Å². The molecule has 1 saturated heterocycles. The van der Waals surface area contributed by atoms with Gasteiger partial charge in [-0.25, -0.2) is 0 Å². The molecule has 1 fully saturated rings. The first-order valence-corrected chi connectivity index (χ1v) is 5.24. The van der Waals surface area contributed by atoms with E-state index in [9.17, 15) is 10.1 Å². The fourth-order valence-corrected chi connectivity index (χ4v) is 1.93. The molecule has 1 unspecified atom stereocenters. The summed E-state index contributed by atoms with van der Waals surface area (Å²) in [5.41, 5.74) is 2.14. The van der Waals surface area contributed by atoms with Gasteiger partial charge in [0, 0.05) is 18.7 Å². The van der Waals surface area contributed by atoms with Gasteiger partial charge in [-0.05, 0) is 18.1 Å². The largest absolute Gasteiger partial charge is 0.378 e. The normalized spacial score (nSPS) is 20.7. The maximum atomic E-state index is 10.6. The van der Waals surface area contributed by atoms with Gasteiger partial charge in [0.15, 0.2) is 0 Å². The molecule has 1 aliphatic heterocycles. The van der Waals surface area contributed by atoms with Crippen molar-refractivity contribution < 1.29 is 9.66 Å². The number of nitro groups is 1. The van der Waals surface area contributed by atoms with Crippen molar-refractivity contribution in [3.05, 3.63) is 39.4 Å². The van der Waals surface area contributed by atoms with E-state index in [0.29, 0.717) is 6.61 Å². The molecule has 0 aromatic heterocycles. The second-order valence-corrected chi connectivity index (χ2v) is 3.88. The summed E-state index contributed by atoms with van der Waals surface area (Å²) in [6, 6.07) is 5.10. The lowest BCUT2D eigenvalue weighted by Crippen LogP contribution is -2.34. The number of rotatable bonds is 2. The third-order valence-corrected chi connectivity index (χ3v) is 2.76. The molecule has 1 aromatic rings. The average Bonchev–Trinajstić information content (AvgIpc) is 2.30. The van der Waals surface area contributed by atoms with Gasteiger partial charge in [0.05, 0.1) is 24.2 Å². The number of aryl methyl sites for hydroxylation is 1. The van der Waals surface area contributed by atoms with Gasteiger partial charge in [0.1, 0.15) is 0 Å². The molecule has 0 radical (unpaired) electrons. The molecule has 0 amide bonds. The molecule has 2 rings (SSSR count). The molecule has 0 aliphatic carbocycles. The summed E-state index contributed by atoms with van der Waals surface area (Å²) in [5, 5.41) is 13.9. The number of nitrogens with zero attached hydrogens (tertiary/aromatic N) is 1. The number of ether oxygens (including phenoxy) is 1. The van der Waals surface area contributed by atoms with Crippen molar-refractivity contribution in [3.63, 3.8) is 0 Å². The molecule has 5 nitrogen and oxygen atoms in total. The first kappa shape index (κ1) is 11.0. The molecule has 1 heterocycles. The van der Waals surface area contributed by atoms with Gasteiger partial charge >= 0.3 is 0 Å². The molecule has 86 valence electrons. The van der Waals surface area contributed by atoms with Crippen LogP contribution in [0.5, 0.6) is 0 Å². The fourth-order valence-electron chi connectivity index (χ4n) is 1.93. The van der Waals surface area contributed by atoms with Crippen molar-refractivity contribution in [3.8, 4) is 0 Å². The van der Waals surface area contributed by atoms with E-state index in [2.05, 4.69) is 5.32 Å². The lowest BCUT2D eigenvalue weighted by Gasteiger charge is -2.25. The van der Waals surface area contributed by atoms with E-state index < -0.39 is 0 Å². The molecular weight excluding hydrogens is 208 g/mol. The Bertz CT molecular complexity index is 400. The number of nitrogens with one attached hydrogen (secondary N) is 1. The first-order chi connectivity index (χ1) is 7.68. The Labute approximate surface area is 93.6 Å². The van der Waals surface area contributed by atoms with Gasteiger partial charge in [-0.2, -0.15) is 0 Å². The van der Waals surface area contributed by atoms with E-state index >= 15 is 0 Å². The van der Waals surface area contributed by atoms with Crippen LogP contribution in [0.2, 0.25) is 0 Å². The zero-order chi connectivity index (χ0) is 11.5. The highest BCUT2D eigenvalue weighted by Gasteiger charge is 2.18. The highest BCUT2D eigenvalue weighted by molar-refractivity contribution is 5.40. The van der Waals surface area contributed by atoms with Crippen LogP contribution in [0.3, 0.4) is 0 Å². The lowest BCUT2D eigenvalue weighted by atomic mass is 10.0. The predicted molar refractivity (Wildman–Crippen MR) is 59.4 cm³/mol. The van der Waals surface area contributed by atoms with E-state index in [1.54, 1.807) is 18.2 Å². The number of nitro benzene ring substituents is 1. The number of hydrogen-bond donors (Lipinski definition) is 1. The average molecular weight is 222 g/mol. The Morgan fingerprint density at radius 3 is 2.94 bits per heavy atom. The summed E-state index contributed by atoms with van der Waals surface area (Å²) in [6.45, 7) is 4.06. The van der Waals surface area contributed by atoms with Crippen LogP contribution in [-0.4, -0.2) is 24.7 Å². The van der Waals surface area contributed by atoms with E-state index in [0.717, 1.165) is 24.3 Å². The van der Waals surface area contributed by atoms with Crippen LogP contribution in [0.1, 0.15) is 17.2 Å². The van der Waals surface area contributed by atoms with Gasteiger partial charge in [-0.15, -0.1) is 0 Å². The highest BCUT2D eigenvalue weighted by Crippen LogP contribution is 2.23. The minimum Gasteiger partial charge on any atom is -0.378 e. The van der Waals surface area contributed by atoms with Gasteiger partial charge in [0.2, 0.25) is 0 Å². The molecule has 5 heteroatoms. The van der Waals surface area contributed by atoms with Crippen molar-refractivity contribution in [2.45, 2.75) is 13.0 Å². The fraction of sp³-hybridized carbons (Fsp3) is 0.455. The first-order valence-electron chi connectivity index (χ1n) is 5.24. The molecule has 1 aliphatic rings. The van der Waals surface area contributed by atoms with E-state index in [4.69, 9.17) is 4.74 Å². The molecule has 0 bridgehead atoms. The van der Waals surface area contributed by atoms with Gasteiger partial charge in [-0.1, -0.05) is 6.07 Å². The predicted octanol–water partition coefficient (Wildman–Crippen LogP) is 1.56. The topological polar surface area (TPSA) is 64.4 Å². The second kappa shape index (κ2) is 4.59. The highest BCUT2D eigenvalue weighted by atomic mass is 16.6. The molecule has 1 atom stereocenters. The summed E-state index contributed by atoms with van der Waals surface area (Å²) in [5.74, 6) is 0. The second-order valence-electron chi connectivity index (χ2n) is 3.88. The van der Waals surface area contributed by atoms with Crippen LogP contribution < -0.4 is 5.32 Å². The zero-order valence-corrected chi connectivity index (χ0v) is 9.10. The summed E-state index contributed by atoms with van der Waals surface area (Å²) < 4.78 is 5.37. The smallest absolute Gasteiger partial charge is 0.269 e. The Hall–Kier alpha value is -1.46. The summed E-state index contributed by atoms with van der Waals surface area (Å²) >= 11 is 0. The number of morpholine rings is 1. The minimum absolute atomic E-state index is 0.137. The third-order valence-electron chi connectivity index (χ3n) is 2.76. The van der Waals surface area contributed by atoms with Crippen molar-refractivity contribution in [2.24, 2.45) is 0 Å². The van der Waals surface area contributed by atoms with Gasteiger partial charge in [-0.3, -0.25) is 10.1 Å². The van der Waals surface area contributed by atoms with Crippen LogP contribution >= 0.6 is 0 Å². The van der Waals surface area contributed by atoms with Crippen molar-refractivity contribution in [1.82, 2.24) is 5.32 Å². The Morgan fingerprint density at radius 1 is 1.56 bits per heavy atom.